The van der Waals surface area contributed by atoms with Crippen LogP contribution in [-0.2, 0) is 16.1 Å². The number of aliphatic imine (C=N–C) groups is 1. The number of rotatable bonds is 8. The number of nitro groups is 1. The topological polar surface area (TPSA) is 100 Å². The molecule has 0 amide bonds. The summed E-state index contributed by atoms with van der Waals surface area (Å²) in [7, 11) is 0. The van der Waals surface area contributed by atoms with Crippen molar-refractivity contribution in [3.05, 3.63) is 102 Å². The van der Waals surface area contributed by atoms with Crippen LogP contribution in [0.5, 0.6) is 11.5 Å². The third-order valence-electron chi connectivity index (χ3n) is 4.92. The van der Waals surface area contributed by atoms with Crippen molar-refractivity contribution in [1.82, 2.24) is 0 Å². The van der Waals surface area contributed by atoms with Gasteiger partial charge in [0.15, 0.2) is 17.2 Å². The fraction of sp³-hybridized carbons (Fsp3) is 0.120. The number of nitro benzene ring substituents is 1. The van der Waals surface area contributed by atoms with Crippen molar-refractivity contribution in [1.29, 1.82) is 0 Å². The quantitative estimate of drug-likeness (QED) is 0.132. The van der Waals surface area contributed by atoms with Crippen molar-refractivity contribution < 1.29 is 28.3 Å². The fourth-order valence-electron chi connectivity index (χ4n) is 3.33. The van der Waals surface area contributed by atoms with E-state index in [4.69, 9.17) is 25.8 Å². The Balaban J connectivity index is 1.62. The molecule has 184 valence electrons. The van der Waals surface area contributed by atoms with Crippen LogP contribution < -0.4 is 9.47 Å². The summed E-state index contributed by atoms with van der Waals surface area (Å²) in [5.41, 5.74) is 1.27. The van der Waals surface area contributed by atoms with Gasteiger partial charge in [-0.3, -0.25) is 10.1 Å². The standard InChI is InChI=1S/C25H17BrClFN2O6/c1-2-34-22-11-15(9-19(26)23(22)35-13-14-4-3-5-16(28)8-14)10-21-25(31)36-24(29-21)18-7-6-17(30(32)33)12-20(18)27/h3-12H,2,13H2,1H3/b21-10-. The molecule has 0 atom stereocenters. The molecule has 0 unspecified atom stereocenters. The van der Waals surface area contributed by atoms with E-state index in [2.05, 4.69) is 20.9 Å². The zero-order valence-electron chi connectivity index (χ0n) is 18.7. The highest BCUT2D eigenvalue weighted by Gasteiger charge is 2.27. The molecule has 0 bridgehead atoms. The third kappa shape index (κ3) is 5.72. The Morgan fingerprint density at radius 3 is 2.69 bits per heavy atom. The van der Waals surface area contributed by atoms with E-state index in [1.165, 1.54) is 30.3 Å². The van der Waals surface area contributed by atoms with Gasteiger partial charge in [0.1, 0.15) is 12.4 Å². The number of hydrogen-bond donors (Lipinski definition) is 0. The van der Waals surface area contributed by atoms with E-state index in [0.29, 0.717) is 33.7 Å². The molecular formula is C25H17BrClFN2O6. The van der Waals surface area contributed by atoms with Crippen LogP contribution in [0, 0.1) is 15.9 Å². The molecule has 0 N–H and O–H groups in total. The van der Waals surface area contributed by atoms with Gasteiger partial charge in [-0.25, -0.2) is 14.2 Å². The van der Waals surface area contributed by atoms with Gasteiger partial charge < -0.3 is 14.2 Å². The highest BCUT2D eigenvalue weighted by atomic mass is 79.9. The summed E-state index contributed by atoms with van der Waals surface area (Å²) in [5.74, 6) is -0.311. The number of nitrogens with zero attached hydrogens (tertiary/aromatic N) is 2. The van der Waals surface area contributed by atoms with Crippen LogP contribution in [0.4, 0.5) is 10.1 Å². The van der Waals surface area contributed by atoms with Crippen LogP contribution in [0.25, 0.3) is 6.08 Å². The maximum absolute atomic E-state index is 13.5. The van der Waals surface area contributed by atoms with Gasteiger partial charge in [-0.05, 0) is 70.4 Å². The summed E-state index contributed by atoms with van der Waals surface area (Å²) in [6.07, 6.45) is 1.50. The summed E-state index contributed by atoms with van der Waals surface area (Å²) in [5, 5.41) is 11.0. The smallest absolute Gasteiger partial charge is 0.363 e. The molecule has 1 aliphatic heterocycles. The molecular weight excluding hydrogens is 559 g/mol. The average molecular weight is 576 g/mol. The minimum absolute atomic E-state index is 0.00203. The summed E-state index contributed by atoms with van der Waals surface area (Å²) >= 11 is 9.60. The first kappa shape index (κ1) is 25.3. The van der Waals surface area contributed by atoms with Crippen molar-refractivity contribution in [2.24, 2.45) is 4.99 Å². The van der Waals surface area contributed by atoms with Gasteiger partial charge in [-0.1, -0.05) is 23.7 Å². The monoisotopic (exact) mass is 574 g/mol. The molecule has 0 radical (unpaired) electrons. The van der Waals surface area contributed by atoms with E-state index < -0.39 is 10.9 Å². The van der Waals surface area contributed by atoms with Crippen LogP contribution in [-0.4, -0.2) is 23.4 Å². The molecule has 1 heterocycles. The van der Waals surface area contributed by atoms with Crippen molar-refractivity contribution in [2.45, 2.75) is 13.5 Å². The minimum atomic E-state index is -0.708. The Hall–Kier alpha value is -3.76. The summed E-state index contributed by atoms with van der Waals surface area (Å²) in [6.45, 7) is 2.28. The molecule has 0 fully saturated rings. The molecule has 3 aromatic rings. The van der Waals surface area contributed by atoms with E-state index in [1.807, 2.05) is 6.92 Å². The second kappa shape index (κ2) is 10.9. The predicted octanol–water partition coefficient (Wildman–Crippen LogP) is 6.47. The van der Waals surface area contributed by atoms with Gasteiger partial charge in [0.25, 0.3) is 5.69 Å². The second-order valence-corrected chi connectivity index (χ2v) is 8.70. The minimum Gasteiger partial charge on any atom is -0.490 e. The highest BCUT2D eigenvalue weighted by molar-refractivity contribution is 9.10. The molecule has 0 aliphatic carbocycles. The summed E-state index contributed by atoms with van der Waals surface area (Å²) in [4.78, 5) is 27.0. The third-order valence-corrected chi connectivity index (χ3v) is 5.82. The largest absolute Gasteiger partial charge is 0.490 e. The highest BCUT2D eigenvalue weighted by Crippen LogP contribution is 2.38. The summed E-state index contributed by atoms with van der Waals surface area (Å²) in [6, 6.07) is 13.2. The maximum atomic E-state index is 13.5. The Bertz CT molecular complexity index is 1430. The van der Waals surface area contributed by atoms with Crippen molar-refractivity contribution in [2.75, 3.05) is 6.61 Å². The zero-order chi connectivity index (χ0) is 25.8. The lowest BCUT2D eigenvalue weighted by atomic mass is 10.1. The van der Waals surface area contributed by atoms with Crippen LogP contribution in [0.1, 0.15) is 23.6 Å². The lowest BCUT2D eigenvalue weighted by Gasteiger charge is -2.15. The maximum Gasteiger partial charge on any atom is 0.363 e. The molecule has 3 aromatic carbocycles. The number of carbonyl (C=O) groups excluding carboxylic acids is 1. The van der Waals surface area contributed by atoms with Gasteiger partial charge in [-0.15, -0.1) is 0 Å². The van der Waals surface area contributed by atoms with E-state index in [1.54, 1.807) is 24.3 Å². The van der Waals surface area contributed by atoms with Crippen molar-refractivity contribution in [3.8, 4) is 11.5 Å². The molecule has 36 heavy (non-hydrogen) atoms. The molecule has 11 heteroatoms. The number of halogens is 3. The van der Waals surface area contributed by atoms with Gasteiger partial charge in [0.2, 0.25) is 5.90 Å². The zero-order valence-corrected chi connectivity index (χ0v) is 21.0. The van der Waals surface area contributed by atoms with E-state index in [9.17, 15) is 19.3 Å². The number of non-ortho nitro benzene ring substituents is 1. The summed E-state index contributed by atoms with van der Waals surface area (Å²) < 4.78 is 30.9. The van der Waals surface area contributed by atoms with E-state index in [-0.39, 0.29) is 40.3 Å². The molecule has 4 rings (SSSR count). The van der Waals surface area contributed by atoms with Crippen molar-refractivity contribution >= 4 is 51.2 Å². The molecule has 0 spiro atoms. The Labute approximate surface area is 218 Å². The number of benzene rings is 3. The SMILES string of the molecule is CCOc1cc(/C=C2\N=C(c3ccc([N+](=O)[O-])cc3Cl)OC2=O)cc(Br)c1OCc1cccc(F)c1. The van der Waals surface area contributed by atoms with Crippen molar-refractivity contribution in [3.63, 3.8) is 0 Å². The van der Waals surface area contributed by atoms with Crippen LogP contribution >= 0.6 is 27.5 Å². The number of carbonyl (C=O) groups is 1. The first-order chi connectivity index (χ1) is 17.2. The number of ether oxygens (including phenoxy) is 3. The Morgan fingerprint density at radius 1 is 1.19 bits per heavy atom. The Morgan fingerprint density at radius 2 is 2.00 bits per heavy atom. The van der Waals surface area contributed by atoms with Crippen LogP contribution in [0.15, 0.2) is 69.8 Å². The first-order valence-electron chi connectivity index (χ1n) is 10.6. The second-order valence-electron chi connectivity index (χ2n) is 7.44. The lowest BCUT2D eigenvalue weighted by molar-refractivity contribution is -0.384. The van der Waals surface area contributed by atoms with E-state index >= 15 is 0 Å². The number of cyclic esters (lactones) is 1. The van der Waals surface area contributed by atoms with Crippen LogP contribution in [0.2, 0.25) is 5.02 Å². The van der Waals surface area contributed by atoms with Gasteiger partial charge in [0, 0.05) is 12.1 Å². The average Bonchev–Trinajstić information content (AvgIpc) is 3.18. The predicted molar refractivity (Wildman–Crippen MR) is 135 cm³/mol. The Kier molecular flexibility index (Phi) is 7.66. The first-order valence-corrected chi connectivity index (χ1v) is 11.7. The number of hydrogen-bond acceptors (Lipinski definition) is 7. The van der Waals surface area contributed by atoms with Crippen LogP contribution in [0.3, 0.4) is 0 Å². The molecule has 1 aliphatic rings. The molecule has 0 saturated heterocycles. The lowest BCUT2D eigenvalue weighted by Crippen LogP contribution is -2.06. The fourth-order valence-corrected chi connectivity index (χ4v) is 4.16. The van der Waals surface area contributed by atoms with Gasteiger partial charge in [0.05, 0.1) is 26.6 Å². The van der Waals surface area contributed by atoms with Gasteiger partial charge in [-0.2, -0.15) is 0 Å². The van der Waals surface area contributed by atoms with Gasteiger partial charge >= 0.3 is 5.97 Å². The number of esters is 1. The van der Waals surface area contributed by atoms with E-state index in [0.717, 1.165) is 6.07 Å². The molecule has 0 aromatic heterocycles. The normalized spacial score (nSPS) is 13.9. The molecule has 0 saturated carbocycles. The molecule has 8 nitrogen and oxygen atoms in total.